The third-order valence-electron chi connectivity index (χ3n) is 1.75. The fourth-order valence-corrected chi connectivity index (χ4v) is 1.08. The van der Waals surface area contributed by atoms with Crippen LogP contribution in [-0.2, 0) is 14.8 Å². The number of carbonyl (C=O) groups is 1. The molecule has 0 saturated carbocycles. The minimum atomic E-state index is -3.85. The third-order valence-corrected chi connectivity index (χ3v) is 2.77. The van der Waals surface area contributed by atoms with Crippen molar-refractivity contribution < 1.29 is 17.9 Å². The minimum absolute atomic E-state index is 0.285. The summed E-state index contributed by atoms with van der Waals surface area (Å²) < 4.78 is 26.2. The molecule has 0 saturated heterocycles. The predicted molar refractivity (Wildman–Crippen MR) is 54.4 cm³/mol. The van der Waals surface area contributed by atoms with Crippen LogP contribution in [0.1, 0.15) is 17.3 Å². The van der Waals surface area contributed by atoms with E-state index in [1.807, 2.05) is 0 Å². The summed E-state index contributed by atoms with van der Waals surface area (Å²) in [6.07, 6.45) is 0. The highest BCUT2D eigenvalue weighted by atomic mass is 32.2. The molecule has 0 bridgehead atoms. The number of sulfonamides is 1. The maximum atomic E-state index is 11.4. The second-order valence-corrected chi connectivity index (χ2v) is 4.77. The first-order chi connectivity index (χ1) is 6.91. The monoisotopic (exact) mass is 229 g/mol. The highest BCUT2D eigenvalue weighted by Crippen LogP contribution is 2.05. The normalized spacial score (nSPS) is 13.2. The molecule has 0 amide bonds. The first kappa shape index (κ1) is 11.7. The Hall–Kier alpha value is -1.40. The lowest BCUT2D eigenvalue weighted by atomic mass is 10.2. The van der Waals surface area contributed by atoms with Crippen LogP contribution in [0, 0.1) is 0 Å². The van der Waals surface area contributed by atoms with E-state index in [0.717, 1.165) is 0 Å². The molecule has 0 fully saturated rings. The lowest BCUT2D eigenvalue weighted by molar-refractivity contribution is 0.0467. The lowest BCUT2D eigenvalue weighted by Gasteiger charge is -2.10. The smallest absolute Gasteiger partial charge is 0.339 e. The largest absolute Gasteiger partial charge is 0.441 e. The standard InChI is InChI=1S/C9H11NO4S/c1-7(15(10,12)13)14-9(11)8-5-3-2-4-6-8/h2-7H,1H3,(H2,10,12,13). The highest BCUT2D eigenvalue weighted by Gasteiger charge is 2.20. The van der Waals surface area contributed by atoms with Gasteiger partial charge in [0.15, 0.2) is 0 Å². The average molecular weight is 229 g/mol. The Morgan fingerprint density at radius 2 is 1.87 bits per heavy atom. The number of ether oxygens (including phenoxy) is 1. The molecule has 5 nitrogen and oxygen atoms in total. The van der Waals surface area contributed by atoms with Crippen LogP contribution >= 0.6 is 0 Å². The number of carbonyl (C=O) groups excluding carboxylic acids is 1. The van der Waals surface area contributed by atoms with Gasteiger partial charge >= 0.3 is 5.97 Å². The Bertz CT molecular complexity index is 440. The molecule has 82 valence electrons. The van der Waals surface area contributed by atoms with Crippen LogP contribution in [0.2, 0.25) is 0 Å². The number of rotatable bonds is 3. The minimum Gasteiger partial charge on any atom is -0.441 e. The van der Waals surface area contributed by atoms with Crippen molar-refractivity contribution in [2.45, 2.75) is 12.4 Å². The van der Waals surface area contributed by atoms with E-state index < -0.39 is 21.4 Å². The van der Waals surface area contributed by atoms with Gasteiger partial charge in [0.25, 0.3) is 0 Å². The van der Waals surface area contributed by atoms with Crippen LogP contribution in [0.5, 0.6) is 0 Å². The SMILES string of the molecule is CC(OC(=O)c1ccccc1)S(N)(=O)=O. The third kappa shape index (κ3) is 3.34. The van der Waals surface area contributed by atoms with Gasteiger partial charge in [0, 0.05) is 0 Å². The maximum Gasteiger partial charge on any atom is 0.339 e. The van der Waals surface area contributed by atoms with Gasteiger partial charge in [-0.1, -0.05) is 18.2 Å². The van der Waals surface area contributed by atoms with Gasteiger partial charge in [-0.05, 0) is 19.1 Å². The summed E-state index contributed by atoms with van der Waals surface area (Å²) in [5, 5.41) is 4.80. The number of nitrogens with two attached hydrogens (primary N) is 1. The Balaban J connectivity index is 2.74. The molecule has 0 aromatic heterocycles. The molecule has 1 aromatic carbocycles. The lowest BCUT2D eigenvalue weighted by Crippen LogP contribution is -2.30. The maximum absolute atomic E-state index is 11.4. The number of hydrogen-bond donors (Lipinski definition) is 1. The van der Waals surface area contributed by atoms with Crippen LogP contribution in [0.15, 0.2) is 30.3 Å². The molecule has 1 unspecified atom stereocenters. The molecule has 0 aliphatic carbocycles. The quantitative estimate of drug-likeness (QED) is 0.763. The van der Waals surface area contributed by atoms with E-state index >= 15 is 0 Å². The van der Waals surface area contributed by atoms with Gasteiger partial charge in [0.1, 0.15) is 0 Å². The Morgan fingerprint density at radius 3 is 2.33 bits per heavy atom. The van der Waals surface area contributed by atoms with E-state index in [9.17, 15) is 13.2 Å². The molecule has 0 aliphatic heterocycles. The van der Waals surface area contributed by atoms with Crippen molar-refractivity contribution >= 4 is 16.0 Å². The summed E-state index contributed by atoms with van der Waals surface area (Å²) in [6.45, 7) is 1.20. The van der Waals surface area contributed by atoms with E-state index in [2.05, 4.69) is 4.74 Å². The molecule has 1 rings (SSSR count). The molecule has 1 aromatic rings. The van der Waals surface area contributed by atoms with Crippen LogP contribution in [0.4, 0.5) is 0 Å². The van der Waals surface area contributed by atoms with E-state index in [1.165, 1.54) is 19.1 Å². The van der Waals surface area contributed by atoms with Gasteiger partial charge in [-0.15, -0.1) is 0 Å². The molecule has 15 heavy (non-hydrogen) atoms. The Kier molecular flexibility index (Phi) is 3.43. The molecule has 0 heterocycles. The van der Waals surface area contributed by atoms with Gasteiger partial charge in [-0.3, -0.25) is 0 Å². The molecular weight excluding hydrogens is 218 g/mol. The molecular formula is C9H11NO4S. The van der Waals surface area contributed by atoms with Crippen molar-refractivity contribution in [2.24, 2.45) is 5.14 Å². The first-order valence-corrected chi connectivity index (χ1v) is 5.80. The van der Waals surface area contributed by atoms with E-state index in [-0.39, 0.29) is 5.56 Å². The molecule has 0 radical (unpaired) electrons. The van der Waals surface area contributed by atoms with Crippen molar-refractivity contribution in [2.75, 3.05) is 0 Å². The van der Waals surface area contributed by atoms with Crippen LogP contribution in [0.25, 0.3) is 0 Å². The van der Waals surface area contributed by atoms with Crippen molar-refractivity contribution in [3.63, 3.8) is 0 Å². The van der Waals surface area contributed by atoms with Crippen molar-refractivity contribution in [3.8, 4) is 0 Å². The Morgan fingerprint density at radius 1 is 1.33 bits per heavy atom. The summed E-state index contributed by atoms with van der Waals surface area (Å²) >= 11 is 0. The molecule has 0 aliphatic rings. The number of hydrogen-bond acceptors (Lipinski definition) is 4. The fourth-order valence-electron chi connectivity index (χ4n) is 0.860. The van der Waals surface area contributed by atoms with Gasteiger partial charge < -0.3 is 4.74 Å². The second-order valence-electron chi connectivity index (χ2n) is 2.93. The topological polar surface area (TPSA) is 86.5 Å². The molecule has 6 heteroatoms. The van der Waals surface area contributed by atoms with Crippen LogP contribution in [0.3, 0.4) is 0 Å². The van der Waals surface area contributed by atoms with E-state index in [0.29, 0.717) is 0 Å². The number of benzene rings is 1. The summed E-state index contributed by atoms with van der Waals surface area (Å²) in [6, 6.07) is 8.09. The summed E-state index contributed by atoms with van der Waals surface area (Å²) in [5.74, 6) is -0.711. The highest BCUT2D eigenvalue weighted by molar-refractivity contribution is 7.89. The average Bonchev–Trinajstić information content (AvgIpc) is 2.17. The van der Waals surface area contributed by atoms with Crippen LogP contribution in [-0.4, -0.2) is 19.8 Å². The molecule has 1 atom stereocenters. The Labute approximate surface area is 87.9 Å². The van der Waals surface area contributed by atoms with Gasteiger partial charge in [0.05, 0.1) is 5.56 Å². The van der Waals surface area contributed by atoms with Gasteiger partial charge in [-0.25, -0.2) is 18.4 Å². The van der Waals surface area contributed by atoms with Crippen molar-refractivity contribution in [3.05, 3.63) is 35.9 Å². The zero-order valence-electron chi connectivity index (χ0n) is 8.08. The van der Waals surface area contributed by atoms with Gasteiger partial charge in [0.2, 0.25) is 15.5 Å². The summed E-state index contributed by atoms with van der Waals surface area (Å²) in [5.41, 5.74) is -1.06. The molecule has 2 N–H and O–H groups in total. The second kappa shape index (κ2) is 4.41. The number of primary sulfonamides is 1. The zero-order chi connectivity index (χ0) is 11.5. The van der Waals surface area contributed by atoms with Crippen molar-refractivity contribution in [1.82, 2.24) is 0 Å². The number of esters is 1. The van der Waals surface area contributed by atoms with Gasteiger partial charge in [-0.2, -0.15) is 0 Å². The van der Waals surface area contributed by atoms with E-state index in [4.69, 9.17) is 5.14 Å². The van der Waals surface area contributed by atoms with Crippen molar-refractivity contribution in [1.29, 1.82) is 0 Å². The summed E-state index contributed by atoms with van der Waals surface area (Å²) in [7, 11) is -3.85. The van der Waals surface area contributed by atoms with E-state index in [1.54, 1.807) is 18.2 Å². The molecule has 0 spiro atoms. The zero-order valence-corrected chi connectivity index (χ0v) is 8.90. The fraction of sp³-hybridized carbons (Fsp3) is 0.222. The first-order valence-electron chi connectivity index (χ1n) is 4.19. The predicted octanol–water partition coefficient (Wildman–Crippen LogP) is 0.478. The summed E-state index contributed by atoms with van der Waals surface area (Å²) in [4.78, 5) is 11.4. The van der Waals surface area contributed by atoms with Crippen LogP contribution < -0.4 is 5.14 Å².